The number of nitrogens with two attached hydrogens (primary N) is 1. The number of anilines is 1. The Morgan fingerprint density at radius 2 is 2.00 bits per heavy atom. The summed E-state index contributed by atoms with van der Waals surface area (Å²) in [6.45, 7) is 4.19. The first-order chi connectivity index (χ1) is 9.70. The van der Waals surface area contributed by atoms with Crippen LogP contribution in [0.15, 0.2) is 21.5 Å². The summed E-state index contributed by atoms with van der Waals surface area (Å²) < 4.78 is 41.7. The van der Waals surface area contributed by atoms with Crippen LogP contribution in [0.3, 0.4) is 0 Å². The van der Waals surface area contributed by atoms with Gasteiger partial charge in [0.25, 0.3) is 0 Å². The number of rotatable bonds is 3. The van der Waals surface area contributed by atoms with Crippen LogP contribution in [0.25, 0.3) is 0 Å². The largest absolute Gasteiger partial charge is 0.398 e. The summed E-state index contributed by atoms with van der Waals surface area (Å²) in [6, 6.07) is 2.07. The Bertz CT molecular complexity index is 636. The Kier molecular flexibility index (Phi) is 4.95. The second kappa shape index (κ2) is 6.22. The number of sulfonamides is 1. The van der Waals surface area contributed by atoms with Crippen LogP contribution >= 0.6 is 15.9 Å². The maximum atomic E-state index is 13.9. The lowest BCUT2D eigenvalue weighted by molar-refractivity contribution is 0.249. The molecule has 3 N–H and O–H groups in total. The first-order valence-corrected chi connectivity index (χ1v) is 9.25. The van der Waals surface area contributed by atoms with E-state index in [4.69, 9.17) is 5.73 Å². The third-order valence-electron chi connectivity index (χ3n) is 4.08. The fourth-order valence-electron chi connectivity index (χ4n) is 2.85. The van der Waals surface area contributed by atoms with Gasteiger partial charge in [-0.2, -0.15) is 0 Å². The van der Waals surface area contributed by atoms with Crippen LogP contribution in [-0.4, -0.2) is 14.5 Å². The van der Waals surface area contributed by atoms with Gasteiger partial charge >= 0.3 is 0 Å². The van der Waals surface area contributed by atoms with E-state index in [1.807, 2.05) is 6.92 Å². The lowest BCUT2D eigenvalue weighted by Gasteiger charge is -2.32. The van der Waals surface area contributed by atoms with Gasteiger partial charge in [0.15, 0.2) is 0 Å². The molecule has 0 saturated heterocycles. The number of hydrogen-bond acceptors (Lipinski definition) is 3. The topological polar surface area (TPSA) is 72.2 Å². The zero-order chi connectivity index (χ0) is 15.8. The fraction of sp³-hybridized carbons (Fsp3) is 0.571. The molecule has 0 radical (unpaired) electrons. The van der Waals surface area contributed by atoms with E-state index in [-0.39, 0.29) is 17.6 Å². The summed E-state index contributed by atoms with van der Waals surface area (Å²) >= 11 is 3.08. The number of hydrogen-bond donors (Lipinski definition) is 2. The molecular weight excluding hydrogens is 359 g/mol. The molecule has 4 nitrogen and oxygen atoms in total. The number of benzene rings is 1. The van der Waals surface area contributed by atoms with Crippen molar-refractivity contribution < 1.29 is 12.8 Å². The average Bonchev–Trinajstić information content (AvgIpc) is 2.37. The van der Waals surface area contributed by atoms with E-state index in [1.165, 1.54) is 0 Å². The second-order valence-corrected chi connectivity index (χ2v) is 8.46. The smallest absolute Gasteiger partial charge is 0.243 e. The molecule has 0 aromatic heterocycles. The first kappa shape index (κ1) is 16.7. The van der Waals surface area contributed by atoms with Crippen molar-refractivity contribution in [1.29, 1.82) is 0 Å². The van der Waals surface area contributed by atoms with E-state index in [0.717, 1.165) is 31.4 Å². The third-order valence-corrected chi connectivity index (χ3v) is 6.27. The Labute approximate surface area is 133 Å². The Morgan fingerprint density at radius 1 is 1.33 bits per heavy atom. The molecule has 2 rings (SSSR count). The molecule has 21 heavy (non-hydrogen) atoms. The van der Waals surface area contributed by atoms with Crippen molar-refractivity contribution in [2.45, 2.75) is 44.0 Å². The molecule has 0 amide bonds. The van der Waals surface area contributed by atoms with E-state index >= 15 is 0 Å². The maximum Gasteiger partial charge on any atom is 0.243 e. The van der Waals surface area contributed by atoms with Crippen molar-refractivity contribution in [2.75, 3.05) is 5.73 Å². The van der Waals surface area contributed by atoms with Crippen LogP contribution in [-0.2, 0) is 10.0 Å². The minimum Gasteiger partial charge on any atom is -0.398 e. The molecule has 0 bridgehead atoms. The molecule has 1 aromatic carbocycles. The van der Waals surface area contributed by atoms with Gasteiger partial charge in [0.05, 0.1) is 0 Å². The minimum atomic E-state index is -3.91. The van der Waals surface area contributed by atoms with Gasteiger partial charge in [0.2, 0.25) is 10.0 Å². The van der Waals surface area contributed by atoms with E-state index in [0.29, 0.717) is 10.4 Å². The highest BCUT2D eigenvalue weighted by atomic mass is 79.9. The summed E-state index contributed by atoms with van der Waals surface area (Å²) in [5, 5.41) is 0. The van der Waals surface area contributed by atoms with Gasteiger partial charge in [-0.3, -0.25) is 0 Å². The summed E-state index contributed by atoms with van der Waals surface area (Å²) in [4.78, 5) is -0.394. The second-order valence-electron chi connectivity index (χ2n) is 5.93. The summed E-state index contributed by atoms with van der Waals surface area (Å²) in [7, 11) is -3.91. The van der Waals surface area contributed by atoms with Crippen LogP contribution in [0.4, 0.5) is 10.1 Å². The zero-order valence-electron chi connectivity index (χ0n) is 12.1. The van der Waals surface area contributed by atoms with Gasteiger partial charge in [-0.1, -0.05) is 13.8 Å². The predicted molar refractivity (Wildman–Crippen MR) is 84.8 cm³/mol. The van der Waals surface area contributed by atoms with Gasteiger partial charge in [0.1, 0.15) is 10.7 Å². The van der Waals surface area contributed by atoms with Crippen LogP contribution in [0, 0.1) is 17.7 Å². The highest BCUT2D eigenvalue weighted by molar-refractivity contribution is 9.10. The molecule has 0 aliphatic heterocycles. The van der Waals surface area contributed by atoms with Crippen molar-refractivity contribution in [3.8, 4) is 0 Å². The lowest BCUT2D eigenvalue weighted by atomic mass is 9.80. The SMILES string of the molecule is CC1CCC(NS(=O)(=O)c2cc(N)c(Br)cc2F)C(C)C1. The summed E-state index contributed by atoms with van der Waals surface area (Å²) in [5.74, 6) is 0.0283. The molecule has 1 saturated carbocycles. The summed E-state index contributed by atoms with van der Waals surface area (Å²) in [5.41, 5.74) is 5.86. The molecule has 1 fully saturated rings. The van der Waals surface area contributed by atoms with Crippen molar-refractivity contribution in [2.24, 2.45) is 11.8 Å². The van der Waals surface area contributed by atoms with Crippen LogP contribution in [0.2, 0.25) is 0 Å². The van der Waals surface area contributed by atoms with E-state index < -0.39 is 20.7 Å². The Balaban J connectivity index is 2.25. The Morgan fingerprint density at radius 3 is 2.62 bits per heavy atom. The molecule has 0 spiro atoms. The van der Waals surface area contributed by atoms with Crippen LogP contribution in [0.5, 0.6) is 0 Å². The van der Waals surface area contributed by atoms with Crippen LogP contribution < -0.4 is 10.5 Å². The third kappa shape index (κ3) is 3.76. The van der Waals surface area contributed by atoms with Crippen molar-refractivity contribution in [3.63, 3.8) is 0 Å². The van der Waals surface area contributed by atoms with Crippen molar-refractivity contribution >= 4 is 31.6 Å². The highest BCUT2D eigenvalue weighted by Crippen LogP contribution is 2.31. The molecule has 7 heteroatoms. The molecular formula is C14H20BrFN2O2S. The monoisotopic (exact) mass is 378 g/mol. The molecule has 1 aliphatic carbocycles. The number of halogens is 2. The van der Waals surface area contributed by atoms with Crippen molar-refractivity contribution in [3.05, 3.63) is 22.4 Å². The van der Waals surface area contributed by atoms with Gasteiger partial charge < -0.3 is 5.73 Å². The Hall–Kier alpha value is -0.660. The quantitative estimate of drug-likeness (QED) is 0.792. The number of nitrogen functional groups attached to an aromatic ring is 1. The molecule has 3 atom stereocenters. The standard InChI is InChI=1S/C14H20BrFN2O2S/c1-8-3-4-13(9(2)5-8)18-21(19,20)14-7-12(17)10(15)6-11(14)16/h6-9,13,18H,3-5,17H2,1-2H3. The van der Waals surface area contributed by atoms with E-state index in [1.54, 1.807) is 0 Å². The molecule has 1 aromatic rings. The number of nitrogens with one attached hydrogen (secondary N) is 1. The maximum absolute atomic E-state index is 13.9. The highest BCUT2D eigenvalue weighted by Gasteiger charge is 2.30. The van der Waals surface area contributed by atoms with Gasteiger partial charge in [0, 0.05) is 16.2 Å². The minimum absolute atomic E-state index is 0.157. The van der Waals surface area contributed by atoms with E-state index in [9.17, 15) is 12.8 Å². The van der Waals surface area contributed by atoms with E-state index in [2.05, 4.69) is 27.6 Å². The molecule has 118 valence electrons. The van der Waals surface area contributed by atoms with Crippen molar-refractivity contribution in [1.82, 2.24) is 4.72 Å². The average molecular weight is 379 g/mol. The first-order valence-electron chi connectivity index (χ1n) is 6.97. The van der Waals surface area contributed by atoms with Gasteiger partial charge in [-0.05, 0) is 59.2 Å². The molecule has 1 aliphatic rings. The lowest BCUT2D eigenvalue weighted by Crippen LogP contribution is -2.42. The zero-order valence-corrected chi connectivity index (χ0v) is 14.5. The van der Waals surface area contributed by atoms with Gasteiger partial charge in [-0.25, -0.2) is 17.5 Å². The molecule has 3 unspecified atom stereocenters. The van der Waals surface area contributed by atoms with Crippen LogP contribution in [0.1, 0.15) is 33.1 Å². The predicted octanol–water partition coefficient (Wildman–Crippen LogP) is 3.27. The van der Waals surface area contributed by atoms with Gasteiger partial charge in [-0.15, -0.1) is 0 Å². The molecule has 0 heterocycles. The normalized spacial score (nSPS) is 26.8. The summed E-state index contributed by atoms with van der Waals surface area (Å²) in [6.07, 6.45) is 2.72. The fourth-order valence-corrected chi connectivity index (χ4v) is 4.64.